The molecule has 3 N–H and O–H groups in total. The number of ether oxygens (including phenoxy) is 1. The minimum Gasteiger partial charge on any atom is -0.385 e. The summed E-state index contributed by atoms with van der Waals surface area (Å²) in [6.07, 6.45) is 4.57. The molecule has 0 saturated heterocycles. The Kier molecular flexibility index (Phi) is 4.60. The Bertz CT molecular complexity index is 166. The molecule has 13 heavy (non-hydrogen) atoms. The molecule has 76 valence electrons. The summed E-state index contributed by atoms with van der Waals surface area (Å²) in [7, 11) is 1.71. The summed E-state index contributed by atoms with van der Waals surface area (Å²) < 4.78 is 4.93. The third kappa shape index (κ3) is 5.47. The number of nitrogens with one attached hydrogen (secondary N) is 1. The van der Waals surface area contributed by atoms with Crippen molar-refractivity contribution in [2.45, 2.75) is 31.7 Å². The fourth-order valence-corrected chi connectivity index (χ4v) is 1.04. The lowest BCUT2D eigenvalue weighted by molar-refractivity contribution is 0.193. The summed E-state index contributed by atoms with van der Waals surface area (Å²) in [5, 5.41) is 3.14. The zero-order chi connectivity index (χ0) is 9.52. The number of guanidine groups is 1. The number of nitrogens with two attached hydrogens (primary N) is 1. The van der Waals surface area contributed by atoms with Crippen LogP contribution in [0.25, 0.3) is 0 Å². The second-order valence-corrected chi connectivity index (χ2v) is 3.39. The molecule has 1 aliphatic rings. The quantitative estimate of drug-likeness (QED) is 0.359. The first-order chi connectivity index (χ1) is 6.33. The van der Waals surface area contributed by atoms with Gasteiger partial charge in [-0.2, -0.15) is 0 Å². The van der Waals surface area contributed by atoms with E-state index in [9.17, 15) is 0 Å². The van der Waals surface area contributed by atoms with E-state index in [1.54, 1.807) is 7.11 Å². The molecule has 0 aliphatic heterocycles. The maximum absolute atomic E-state index is 5.64. The fourth-order valence-electron chi connectivity index (χ4n) is 1.04. The summed E-state index contributed by atoms with van der Waals surface area (Å²) in [4.78, 5) is 4.20. The van der Waals surface area contributed by atoms with Crippen molar-refractivity contribution < 1.29 is 4.74 Å². The molecule has 0 spiro atoms. The molecule has 1 fully saturated rings. The van der Waals surface area contributed by atoms with Crippen molar-refractivity contribution in [3.05, 3.63) is 0 Å². The first-order valence-electron chi connectivity index (χ1n) is 4.88. The van der Waals surface area contributed by atoms with Crippen LogP contribution < -0.4 is 11.1 Å². The average molecular weight is 185 g/mol. The number of aliphatic imine (C=N–C) groups is 1. The molecular weight excluding hydrogens is 166 g/mol. The zero-order valence-electron chi connectivity index (χ0n) is 8.25. The molecule has 4 heteroatoms. The predicted octanol–water partition coefficient (Wildman–Crippen LogP) is 0.480. The van der Waals surface area contributed by atoms with Crippen LogP contribution in [-0.4, -0.2) is 32.3 Å². The lowest BCUT2D eigenvalue weighted by Gasteiger charge is -2.02. The van der Waals surface area contributed by atoms with E-state index in [0.29, 0.717) is 12.0 Å². The van der Waals surface area contributed by atoms with Gasteiger partial charge < -0.3 is 15.8 Å². The molecule has 1 rings (SSSR count). The lowest BCUT2D eigenvalue weighted by Crippen LogP contribution is -2.33. The number of hydrogen-bond donors (Lipinski definition) is 2. The monoisotopic (exact) mass is 185 g/mol. The van der Waals surface area contributed by atoms with Gasteiger partial charge in [-0.1, -0.05) is 0 Å². The van der Waals surface area contributed by atoms with Crippen LogP contribution in [0.1, 0.15) is 25.7 Å². The van der Waals surface area contributed by atoms with Gasteiger partial charge in [0.2, 0.25) is 0 Å². The highest BCUT2D eigenvalue weighted by Gasteiger charge is 2.21. The summed E-state index contributed by atoms with van der Waals surface area (Å²) in [6.45, 7) is 1.61. The van der Waals surface area contributed by atoms with Crippen molar-refractivity contribution in [3.63, 3.8) is 0 Å². The van der Waals surface area contributed by atoms with Crippen LogP contribution in [0.2, 0.25) is 0 Å². The maximum atomic E-state index is 5.64. The lowest BCUT2D eigenvalue weighted by atomic mass is 10.3. The van der Waals surface area contributed by atoms with Gasteiger partial charge in [-0.05, 0) is 25.7 Å². The van der Waals surface area contributed by atoms with Crippen LogP contribution in [0.5, 0.6) is 0 Å². The van der Waals surface area contributed by atoms with Gasteiger partial charge in [0, 0.05) is 26.3 Å². The molecule has 4 nitrogen and oxygen atoms in total. The van der Waals surface area contributed by atoms with E-state index in [1.165, 1.54) is 12.8 Å². The minimum atomic E-state index is 0.597. The predicted molar refractivity (Wildman–Crippen MR) is 53.8 cm³/mol. The van der Waals surface area contributed by atoms with Crippen molar-refractivity contribution in [1.29, 1.82) is 0 Å². The van der Waals surface area contributed by atoms with Gasteiger partial charge in [0.1, 0.15) is 0 Å². The minimum absolute atomic E-state index is 0.597. The number of rotatable bonds is 6. The van der Waals surface area contributed by atoms with E-state index in [1.807, 2.05) is 0 Å². The third-order valence-electron chi connectivity index (χ3n) is 1.97. The zero-order valence-corrected chi connectivity index (χ0v) is 8.25. The molecule has 0 radical (unpaired) electrons. The van der Waals surface area contributed by atoms with Gasteiger partial charge in [0.15, 0.2) is 5.96 Å². The van der Waals surface area contributed by atoms with Crippen molar-refractivity contribution in [3.8, 4) is 0 Å². The summed E-state index contributed by atoms with van der Waals surface area (Å²) in [5.74, 6) is 0.597. The van der Waals surface area contributed by atoms with E-state index >= 15 is 0 Å². The molecule has 0 amide bonds. The summed E-state index contributed by atoms with van der Waals surface area (Å²) >= 11 is 0. The summed E-state index contributed by atoms with van der Waals surface area (Å²) in [5.41, 5.74) is 5.64. The number of hydrogen-bond acceptors (Lipinski definition) is 2. The van der Waals surface area contributed by atoms with Crippen molar-refractivity contribution >= 4 is 5.96 Å². The van der Waals surface area contributed by atoms with Crippen LogP contribution in [0.4, 0.5) is 0 Å². The molecule has 0 aromatic carbocycles. The van der Waals surface area contributed by atoms with Crippen LogP contribution in [0, 0.1) is 0 Å². The Morgan fingerprint density at radius 3 is 2.92 bits per heavy atom. The van der Waals surface area contributed by atoms with Crippen LogP contribution in [0.3, 0.4) is 0 Å². The number of methoxy groups -OCH3 is 1. The second kappa shape index (κ2) is 5.80. The average Bonchev–Trinajstić information content (AvgIpc) is 2.88. The molecule has 0 heterocycles. The van der Waals surface area contributed by atoms with Gasteiger partial charge in [0.25, 0.3) is 0 Å². The second-order valence-electron chi connectivity index (χ2n) is 3.39. The van der Waals surface area contributed by atoms with E-state index in [0.717, 1.165) is 26.0 Å². The number of unbranched alkanes of at least 4 members (excludes halogenated alkanes) is 1. The maximum Gasteiger partial charge on any atom is 0.188 e. The highest BCUT2D eigenvalue weighted by Crippen LogP contribution is 2.17. The van der Waals surface area contributed by atoms with Crippen molar-refractivity contribution in [2.24, 2.45) is 10.7 Å². The van der Waals surface area contributed by atoms with Crippen LogP contribution in [0.15, 0.2) is 4.99 Å². The molecule has 0 unspecified atom stereocenters. The molecule has 0 bridgehead atoms. The Balaban J connectivity index is 1.94. The topological polar surface area (TPSA) is 59.6 Å². The van der Waals surface area contributed by atoms with Crippen LogP contribution >= 0.6 is 0 Å². The van der Waals surface area contributed by atoms with Gasteiger partial charge in [-0.15, -0.1) is 0 Å². The smallest absolute Gasteiger partial charge is 0.188 e. The highest BCUT2D eigenvalue weighted by atomic mass is 16.5. The molecule has 1 aliphatic carbocycles. The molecule has 0 atom stereocenters. The Morgan fingerprint density at radius 2 is 2.31 bits per heavy atom. The normalized spacial score (nSPS) is 17.5. The molecule has 0 aromatic heterocycles. The first kappa shape index (κ1) is 10.3. The SMILES string of the molecule is COCCCCN=C(N)NC1CC1. The Labute approximate surface area is 79.6 Å². The Morgan fingerprint density at radius 1 is 1.54 bits per heavy atom. The standard InChI is InChI=1S/C9H19N3O/c1-13-7-3-2-6-11-9(10)12-8-4-5-8/h8H,2-7H2,1H3,(H3,10,11,12). The number of nitrogens with zero attached hydrogens (tertiary/aromatic N) is 1. The van der Waals surface area contributed by atoms with Crippen molar-refractivity contribution in [2.75, 3.05) is 20.3 Å². The first-order valence-corrected chi connectivity index (χ1v) is 4.88. The molecule has 1 saturated carbocycles. The van der Waals surface area contributed by atoms with Gasteiger partial charge >= 0.3 is 0 Å². The van der Waals surface area contributed by atoms with E-state index in [2.05, 4.69) is 10.3 Å². The third-order valence-corrected chi connectivity index (χ3v) is 1.97. The van der Waals surface area contributed by atoms with E-state index in [-0.39, 0.29) is 0 Å². The van der Waals surface area contributed by atoms with Gasteiger partial charge in [-0.25, -0.2) is 0 Å². The van der Waals surface area contributed by atoms with Gasteiger partial charge in [-0.3, -0.25) is 4.99 Å². The van der Waals surface area contributed by atoms with E-state index in [4.69, 9.17) is 10.5 Å². The van der Waals surface area contributed by atoms with Crippen LogP contribution in [-0.2, 0) is 4.74 Å². The highest BCUT2D eigenvalue weighted by molar-refractivity contribution is 5.78. The summed E-state index contributed by atoms with van der Waals surface area (Å²) in [6, 6.07) is 0.600. The largest absolute Gasteiger partial charge is 0.385 e. The van der Waals surface area contributed by atoms with Gasteiger partial charge in [0.05, 0.1) is 0 Å². The van der Waals surface area contributed by atoms with Crippen molar-refractivity contribution in [1.82, 2.24) is 5.32 Å². The van der Waals surface area contributed by atoms with E-state index < -0.39 is 0 Å². The Hall–Kier alpha value is -0.770. The molecular formula is C9H19N3O. The fraction of sp³-hybridized carbons (Fsp3) is 0.889. The molecule has 0 aromatic rings.